The molecule has 116 valence electrons. The molecular weight excluding hydrogens is 269 g/mol. The second-order valence-corrected chi connectivity index (χ2v) is 6.59. The second-order valence-electron chi connectivity index (χ2n) is 6.59. The van der Waals surface area contributed by atoms with Crippen molar-refractivity contribution in [3.63, 3.8) is 0 Å². The molecule has 2 atom stereocenters. The zero-order valence-corrected chi connectivity index (χ0v) is 12.8. The maximum atomic E-state index is 13.2. The molecule has 0 aliphatic heterocycles. The molecule has 0 amide bonds. The number of benzene rings is 1. The number of carboxylic acids is 1. The molecule has 1 aliphatic rings. The molecule has 2 unspecified atom stereocenters. The lowest BCUT2D eigenvalue weighted by molar-refractivity contribution is -0.153. The predicted octanol–water partition coefficient (Wildman–Crippen LogP) is 3.54. The number of nitrogens with zero attached hydrogens (tertiary/aromatic N) is 1. The Hall–Kier alpha value is -1.42. The highest BCUT2D eigenvalue weighted by Crippen LogP contribution is 2.40. The molecule has 0 aromatic heterocycles. The van der Waals surface area contributed by atoms with Crippen LogP contribution in [0.25, 0.3) is 0 Å². The van der Waals surface area contributed by atoms with Gasteiger partial charge >= 0.3 is 5.97 Å². The molecule has 0 spiro atoms. The number of halogens is 1. The first-order valence-corrected chi connectivity index (χ1v) is 7.58. The summed E-state index contributed by atoms with van der Waals surface area (Å²) in [5.74, 6) is -0.488. The monoisotopic (exact) mass is 293 g/mol. The van der Waals surface area contributed by atoms with Crippen molar-refractivity contribution in [2.75, 3.05) is 13.6 Å². The molecule has 1 fully saturated rings. The van der Waals surface area contributed by atoms with Gasteiger partial charge < -0.3 is 10.0 Å². The van der Waals surface area contributed by atoms with E-state index in [0.29, 0.717) is 19.0 Å². The molecule has 1 saturated carbocycles. The van der Waals surface area contributed by atoms with Crippen LogP contribution in [0.4, 0.5) is 4.39 Å². The zero-order valence-electron chi connectivity index (χ0n) is 12.8. The van der Waals surface area contributed by atoms with Crippen molar-refractivity contribution in [1.29, 1.82) is 0 Å². The number of hydrogen-bond acceptors (Lipinski definition) is 2. The minimum Gasteiger partial charge on any atom is -0.481 e. The Morgan fingerprint density at radius 3 is 2.90 bits per heavy atom. The van der Waals surface area contributed by atoms with E-state index < -0.39 is 11.4 Å². The average Bonchev–Trinajstić information content (AvgIpc) is 2.38. The Labute approximate surface area is 125 Å². The van der Waals surface area contributed by atoms with Crippen molar-refractivity contribution in [1.82, 2.24) is 4.90 Å². The van der Waals surface area contributed by atoms with Crippen LogP contribution < -0.4 is 0 Å². The molecule has 0 bridgehead atoms. The molecule has 0 radical (unpaired) electrons. The van der Waals surface area contributed by atoms with Gasteiger partial charge in [0.2, 0.25) is 0 Å². The molecule has 1 N–H and O–H groups in total. The van der Waals surface area contributed by atoms with Gasteiger partial charge in [-0.05, 0) is 43.5 Å². The highest BCUT2D eigenvalue weighted by molar-refractivity contribution is 5.75. The van der Waals surface area contributed by atoms with Gasteiger partial charge in [-0.3, -0.25) is 4.79 Å². The van der Waals surface area contributed by atoms with Crippen molar-refractivity contribution in [3.05, 3.63) is 35.6 Å². The van der Waals surface area contributed by atoms with Gasteiger partial charge in [0.05, 0.1) is 5.41 Å². The fourth-order valence-corrected chi connectivity index (χ4v) is 3.59. The minimum absolute atomic E-state index is 0.250. The fraction of sp³-hybridized carbons (Fsp3) is 0.588. The SMILES string of the molecule is CC1CCCC(CN(C)Cc2cccc(F)c2)(C(=O)O)C1. The van der Waals surface area contributed by atoms with Crippen molar-refractivity contribution >= 4 is 5.97 Å². The predicted molar refractivity (Wildman–Crippen MR) is 80.4 cm³/mol. The molecule has 3 nitrogen and oxygen atoms in total. The Balaban J connectivity index is 2.05. The third-order valence-electron chi connectivity index (χ3n) is 4.46. The van der Waals surface area contributed by atoms with E-state index in [-0.39, 0.29) is 5.82 Å². The van der Waals surface area contributed by atoms with Gasteiger partial charge in [-0.1, -0.05) is 31.9 Å². The van der Waals surface area contributed by atoms with Gasteiger partial charge in [0, 0.05) is 13.1 Å². The van der Waals surface area contributed by atoms with Crippen LogP contribution in [-0.4, -0.2) is 29.6 Å². The molecule has 0 saturated heterocycles. The lowest BCUT2D eigenvalue weighted by Crippen LogP contribution is -2.44. The van der Waals surface area contributed by atoms with Crippen LogP contribution in [0.2, 0.25) is 0 Å². The first kappa shape index (κ1) is 16.0. The van der Waals surface area contributed by atoms with Crippen molar-refractivity contribution in [2.45, 2.75) is 39.2 Å². The Kier molecular flexibility index (Phi) is 4.99. The van der Waals surface area contributed by atoms with Crippen molar-refractivity contribution in [3.8, 4) is 0 Å². The topological polar surface area (TPSA) is 40.5 Å². The summed E-state index contributed by atoms with van der Waals surface area (Å²) in [5.41, 5.74) is 0.224. The smallest absolute Gasteiger partial charge is 0.310 e. The lowest BCUT2D eigenvalue weighted by atomic mass is 9.69. The van der Waals surface area contributed by atoms with Crippen molar-refractivity contribution in [2.24, 2.45) is 11.3 Å². The lowest BCUT2D eigenvalue weighted by Gasteiger charge is -2.39. The van der Waals surface area contributed by atoms with E-state index in [1.807, 2.05) is 18.0 Å². The molecule has 21 heavy (non-hydrogen) atoms. The van der Waals surface area contributed by atoms with Crippen LogP contribution in [-0.2, 0) is 11.3 Å². The van der Waals surface area contributed by atoms with E-state index in [2.05, 4.69) is 6.92 Å². The van der Waals surface area contributed by atoms with Gasteiger partial charge in [0.25, 0.3) is 0 Å². The minimum atomic E-state index is -0.694. The van der Waals surface area contributed by atoms with Crippen LogP contribution in [0, 0.1) is 17.2 Å². The quantitative estimate of drug-likeness (QED) is 0.902. The van der Waals surface area contributed by atoms with E-state index in [4.69, 9.17) is 0 Å². The average molecular weight is 293 g/mol. The van der Waals surface area contributed by atoms with Crippen LogP contribution in [0.5, 0.6) is 0 Å². The number of rotatable bonds is 5. The number of carbonyl (C=O) groups is 1. The molecule has 1 aromatic rings. The summed E-state index contributed by atoms with van der Waals surface area (Å²) >= 11 is 0. The third kappa shape index (κ3) is 4.03. The Bertz CT molecular complexity index is 505. The number of aliphatic carboxylic acids is 1. The fourth-order valence-electron chi connectivity index (χ4n) is 3.59. The van der Waals surface area contributed by atoms with Crippen molar-refractivity contribution < 1.29 is 14.3 Å². The van der Waals surface area contributed by atoms with Crippen LogP contribution in [0.1, 0.15) is 38.2 Å². The van der Waals surface area contributed by atoms with Crippen LogP contribution in [0.3, 0.4) is 0 Å². The van der Waals surface area contributed by atoms with E-state index >= 15 is 0 Å². The number of carboxylic acid groups (broad SMARTS) is 1. The van der Waals surface area contributed by atoms with Gasteiger partial charge in [0.15, 0.2) is 0 Å². The highest BCUT2D eigenvalue weighted by Gasteiger charge is 2.42. The second kappa shape index (κ2) is 6.56. The highest BCUT2D eigenvalue weighted by atomic mass is 19.1. The third-order valence-corrected chi connectivity index (χ3v) is 4.46. The van der Waals surface area contributed by atoms with E-state index in [9.17, 15) is 14.3 Å². The number of hydrogen-bond donors (Lipinski definition) is 1. The Morgan fingerprint density at radius 1 is 1.52 bits per heavy atom. The standard InChI is InChI=1S/C17H24FNO2/c1-13-5-4-8-17(10-13,16(20)21)12-19(2)11-14-6-3-7-15(18)9-14/h3,6-7,9,13H,4-5,8,10-12H2,1-2H3,(H,20,21). The molecule has 4 heteroatoms. The van der Waals surface area contributed by atoms with Gasteiger partial charge in [-0.25, -0.2) is 4.39 Å². The molecule has 1 aliphatic carbocycles. The normalized spacial score (nSPS) is 26.0. The molecular formula is C17H24FNO2. The molecule has 2 rings (SSSR count). The van der Waals surface area contributed by atoms with Crippen LogP contribution >= 0.6 is 0 Å². The maximum absolute atomic E-state index is 13.2. The van der Waals surface area contributed by atoms with Gasteiger partial charge in [-0.2, -0.15) is 0 Å². The van der Waals surface area contributed by atoms with E-state index in [1.54, 1.807) is 6.07 Å². The summed E-state index contributed by atoms with van der Waals surface area (Å²) in [7, 11) is 1.91. The molecule has 1 aromatic carbocycles. The van der Waals surface area contributed by atoms with E-state index in [1.165, 1.54) is 12.1 Å². The Morgan fingerprint density at radius 2 is 2.29 bits per heavy atom. The summed E-state index contributed by atoms with van der Waals surface area (Å²) in [6, 6.07) is 6.49. The summed E-state index contributed by atoms with van der Waals surface area (Å²) < 4.78 is 13.2. The largest absolute Gasteiger partial charge is 0.481 e. The first-order chi connectivity index (χ1) is 9.91. The summed E-state index contributed by atoms with van der Waals surface area (Å²) in [6.45, 7) is 3.22. The zero-order chi connectivity index (χ0) is 15.5. The maximum Gasteiger partial charge on any atom is 0.310 e. The van der Waals surface area contributed by atoms with Gasteiger partial charge in [0.1, 0.15) is 5.82 Å². The summed E-state index contributed by atoms with van der Waals surface area (Å²) in [4.78, 5) is 13.8. The summed E-state index contributed by atoms with van der Waals surface area (Å²) in [5, 5.41) is 9.68. The van der Waals surface area contributed by atoms with E-state index in [0.717, 1.165) is 31.2 Å². The first-order valence-electron chi connectivity index (χ1n) is 7.58. The van der Waals surface area contributed by atoms with Crippen LogP contribution in [0.15, 0.2) is 24.3 Å². The van der Waals surface area contributed by atoms with Gasteiger partial charge in [-0.15, -0.1) is 0 Å². The molecule has 0 heterocycles. The summed E-state index contributed by atoms with van der Waals surface area (Å²) in [6.07, 6.45) is 3.56.